The molecular formula is C19H23N3O3. The van der Waals surface area contributed by atoms with Crippen LogP contribution in [0.5, 0.6) is 11.5 Å². The lowest BCUT2D eigenvalue weighted by Gasteiger charge is -2.26. The van der Waals surface area contributed by atoms with Gasteiger partial charge in [-0.15, -0.1) is 0 Å². The molecule has 0 aliphatic carbocycles. The van der Waals surface area contributed by atoms with Gasteiger partial charge in [-0.1, -0.05) is 6.07 Å². The molecule has 0 bridgehead atoms. The first kappa shape index (κ1) is 15.9. The van der Waals surface area contributed by atoms with E-state index in [9.17, 15) is 4.79 Å². The predicted molar refractivity (Wildman–Crippen MR) is 93.8 cm³/mol. The Morgan fingerprint density at radius 2 is 2.08 bits per heavy atom. The van der Waals surface area contributed by atoms with Gasteiger partial charge in [-0.3, -0.25) is 0 Å². The second-order valence-corrected chi connectivity index (χ2v) is 6.53. The fraction of sp³-hybridized carbons (Fsp3) is 0.421. The van der Waals surface area contributed by atoms with Gasteiger partial charge in [-0.25, -0.2) is 4.79 Å². The van der Waals surface area contributed by atoms with Crippen molar-refractivity contribution in [2.24, 2.45) is 7.05 Å². The van der Waals surface area contributed by atoms with Gasteiger partial charge in [0.2, 0.25) is 0 Å². The number of ether oxygens (including phenoxy) is 2. The Morgan fingerprint density at radius 1 is 1.24 bits per heavy atom. The summed E-state index contributed by atoms with van der Waals surface area (Å²) >= 11 is 0. The summed E-state index contributed by atoms with van der Waals surface area (Å²) < 4.78 is 13.2. The number of rotatable bonds is 3. The molecule has 0 spiro atoms. The van der Waals surface area contributed by atoms with E-state index in [1.807, 2.05) is 42.4 Å². The molecule has 1 N–H and O–H groups in total. The Bertz CT molecular complexity index is 771. The molecule has 2 amide bonds. The summed E-state index contributed by atoms with van der Waals surface area (Å²) in [5.74, 6) is 1.52. The lowest BCUT2D eigenvalue weighted by Crippen LogP contribution is -2.39. The molecule has 132 valence electrons. The summed E-state index contributed by atoms with van der Waals surface area (Å²) in [6.07, 6.45) is 4.07. The van der Waals surface area contributed by atoms with E-state index in [0.29, 0.717) is 19.8 Å². The number of aromatic nitrogens is 1. The van der Waals surface area contributed by atoms with Gasteiger partial charge < -0.3 is 24.3 Å². The molecular weight excluding hydrogens is 318 g/mol. The molecule has 2 aromatic rings. The summed E-state index contributed by atoms with van der Waals surface area (Å²) in [6, 6.07) is 10.1. The van der Waals surface area contributed by atoms with E-state index >= 15 is 0 Å². The Labute approximate surface area is 147 Å². The predicted octanol–water partition coefficient (Wildman–Crippen LogP) is 2.84. The van der Waals surface area contributed by atoms with Crippen LogP contribution < -0.4 is 14.8 Å². The minimum Gasteiger partial charge on any atom is -0.486 e. The first-order chi connectivity index (χ1) is 12.2. The van der Waals surface area contributed by atoms with Gasteiger partial charge in [0.15, 0.2) is 11.5 Å². The highest BCUT2D eigenvalue weighted by molar-refractivity contribution is 5.75. The quantitative estimate of drug-likeness (QED) is 0.934. The molecule has 1 aromatic heterocycles. The minimum absolute atomic E-state index is 0.0152. The van der Waals surface area contributed by atoms with Crippen LogP contribution in [0.25, 0.3) is 0 Å². The van der Waals surface area contributed by atoms with E-state index in [4.69, 9.17) is 9.47 Å². The Morgan fingerprint density at radius 3 is 2.88 bits per heavy atom. The van der Waals surface area contributed by atoms with Gasteiger partial charge in [0, 0.05) is 32.0 Å². The fourth-order valence-corrected chi connectivity index (χ4v) is 3.61. The third kappa shape index (κ3) is 3.16. The highest BCUT2D eigenvalue weighted by atomic mass is 16.6. The summed E-state index contributed by atoms with van der Waals surface area (Å²) in [5.41, 5.74) is 2.19. The van der Waals surface area contributed by atoms with E-state index in [-0.39, 0.29) is 12.1 Å². The van der Waals surface area contributed by atoms with Crippen molar-refractivity contribution in [2.45, 2.75) is 25.4 Å². The molecule has 2 aliphatic heterocycles. The van der Waals surface area contributed by atoms with E-state index < -0.39 is 0 Å². The van der Waals surface area contributed by atoms with Crippen LogP contribution in [-0.2, 0) is 13.6 Å². The van der Waals surface area contributed by atoms with E-state index in [1.165, 1.54) is 5.69 Å². The zero-order valence-electron chi connectivity index (χ0n) is 14.4. The van der Waals surface area contributed by atoms with Gasteiger partial charge in [-0.05, 0) is 42.7 Å². The Balaban J connectivity index is 1.41. The topological polar surface area (TPSA) is 55.7 Å². The second kappa shape index (κ2) is 6.70. The molecule has 6 heteroatoms. The molecule has 1 atom stereocenters. The van der Waals surface area contributed by atoms with Crippen molar-refractivity contribution in [3.05, 3.63) is 47.8 Å². The zero-order valence-corrected chi connectivity index (χ0v) is 14.4. The summed E-state index contributed by atoms with van der Waals surface area (Å²) in [6.45, 7) is 2.42. The highest BCUT2D eigenvalue weighted by Crippen LogP contribution is 2.32. The lowest BCUT2D eigenvalue weighted by molar-refractivity contribution is 0.171. The second-order valence-electron chi connectivity index (χ2n) is 6.53. The SMILES string of the molecule is Cn1cccc1[C@@H]1CCCN1C(=O)NCc1ccc2c(c1)OCCO2. The number of aryl methyl sites for hydroxylation is 1. The van der Waals surface area contributed by atoms with Crippen molar-refractivity contribution in [1.29, 1.82) is 0 Å². The van der Waals surface area contributed by atoms with Crippen LogP contribution >= 0.6 is 0 Å². The van der Waals surface area contributed by atoms with Crippen molar-refractivity contribution < 1.29 is 14.3 Å². The van der Waals surface area contributed by atoms with Crippen LogP contribution in [0.15, 0.2) is 36.5 Å². The Hall–Kier alpha value is -2.63. The van der Waals surface area contributed by atoms with Crippen LogP contribution in [0, 0.1) is 0 Å². The van der Waals surface area contributed by atoms with Crippen LogP contribution in [0.4, 0.5) is 4.79 Å². The van der Waals surface area contributed by atoms with E-state index in [0.717, 1.165) is 36.4 Å². The molecule has 2 aliphatic rings. The number of likely N-dealkylation sites (tertiary alicyclic amines) is 1. The third-order valence-corrected chi connectivity index (χ3v) is 4.89. The van der Waals surface area contributed by atoms with Crippen LogP contribution in [-0.4, -0.2) is 35.3 Å². The smallest absolute Gasteiger partial charge is 0.318 e. The molecule has 4 rings (SSSR count). The number of nitrogens with one attached hydrogen (secondary N) is 1. The summed E-state index contributed by atoms with van der Waals surface area (Å²) in [7, 11) is 2.03. The molecule has 25 heavy (non-hydrogen) atoms. The van der Waals surface area contributed by atoms with Crippen molar-refractivity contribution >= 4 is 6.03 Å². The molecule has 0 radical (unpaired) electrons. The van der Waals surface area contributed by atoms with Gasteiger partial charge in [0.25, 0.3) is 0 Å². The fourth-order valence-electron chi connectivity index (χ4n) is 3.61. The number of urea groups is 1. The standard InChI is InChI=1S/C19H23N3O3/c1-21-8-2-4-15(21)16-5-3-9-22(16)19(23)20-13-14-6-7-17-18(12-14)25-11-10-24-17/h2,4,6-8,12,16H,3,5,9-11,13H2,1H3,(H,20,23)/t16-/m0/s1. The highest BCUT2D eigenvalue weighted by Gasteiger charge is 2.31. The molecule has 0 saturated carbocycles. The molecule has 1 fully saturated rings. The van der Waals surface area contributed by atoms with E-state index in [1.54, 1.807) is 0 Å². The number of nitrogens with zero attached hydrogens (tertiary/aromatic N) is 2. The minimum atomic E-state index is -0.0152. The number of carbonyl (C=O) groups is 1. The number of amides is 2. The largest absolute Gasteiger partial charge is 0.486 e. The van der Waals surface area contributed by atoms with Crippen LogP contribution in [0.3, 0.4) is 0 Å². The number of hydrogen-bond donors (Lipinski definition) is 1. The molecule has 1 aromatic carbocycles. The van der Waals surface area contributed by atoms with Gasteiger partial charge in [-0.2, -0.15) is 0 Å². The van der Waals surface area contributed by atoms with Crippen LogP contribution in [0.1, 0.15) is 30.1 Å². The molecule has 0 unspecified atom stereocenters. The average Bonchev–Trinajstić information content (AvgIpc) is 3.28. The van der Waals surface area contributed by atoms with Gasteiger partial charge in [0.05, 0.1) is 6.04 Å². The number of benzene rings is 1. The van der Waals surface area contributed by atoms with Gasteiger partial charge in [0.1, 0.15) is 13.2 Å². The maximum absolute atomic E-state index is 12.7. The zero-order chi connectivity index (χ0) is 17.2. The number of fused-ring (bicyclic) bond motifs is 1. The summed E-state index contributed by atoms with van der Waals surface area (Å²) in [4.78, 5) is 14.6. The Kier molecular flexibility index (Phi) is 4.26. The monoisotopic (exact) mass is 341 g/mol. The number of hydrogen-bond acceptors (Lipinski definition) is 3. The first-order valence-electron chi connectivity index (χ1n) is 8.76. The van der Waals surface area contributed by atoms with E-state index in [2.05, 4.69) is 16.0 Å². The third-order valence-electron chi connectivity index (χ3n) is 4.89. The van der Waals surface area contributed by atoms with Crippen molar-refractivity contribution in [1.82, 2.24) is 14.8 Å². The maximum atomic E-state index is 12.7. The molecule has 6 nitrogen and oxygen atoms in total. The normalized spacial score (nSPS) is 19.1. The molecule has 3 heterocycles. The lowest BCUT2D eigenvalue weighted by atomic mass is 10.1. The average molecular weight is 341 g/mol. The van der Waals surface area contributed by atoms with Crippen LogP contribution in [0.2, 0.25) is 0 Å². The summed E-state index contributed by atoms with van der Waals surface area (Å²) in [5, 5.41) is 3.04. The number of carbonyl (C=O) groups excluding carboxylic acids is 1. The van der Waals surface area contributed by atoms with Crippen molar-refractivity contribution in [2.75, 3.05) is 19.8 Å². The van der Waals surface area contributed by atoms with Crippen molar-refractivity contribution in [3.8, 4) is 11.5 Å². The maximum Gasteiger partial charge on any atom is 0.318 e. The first-order valence-corrected chi connectivity index (χ1v) is 8.76. The molecule has 1 saturated heterocycles. The van der Waals surface area contributed by atoms with Gasteiger partial charge >= 0.3 is 6.03 Å². The van der Waals surface area contributed by atoms with Crippen molar-refractivity contribution in [3.63, 3.8) is 0 Å².